The molecule has 12 rings (SSSR count). The molecule has 0 unspecified atom stereocenters. The van der Waals surface area contributed by atoms with Crippen molar-refractivity contribution in [3.05, 3.63) is 188 Å². The average molecular weight is 730 g/mol. The van der Waals surface area contributed by atoms with E-state index in [1.165, 1.54) is 16.3 Å². The van der Waals surface area contributed by atoms with Crippen molar-refractivity contribution in [3.8, 4) is 45.5 Å². The Labute approximate surface area is 326 Å². The summed E-state index contributed by atoms with van der Waals surface area (Å²) in [6, 6.07) is 65.5. The molecular weight excluding hydrogens is 699 g/mol. The van der Waals surface area contributed by atoms with Crippen molar-refractivity contribution < 1.29 is 4.42 Å². The average Bonchev–Trinajstić information content (AvgIpc) is 3.93. The van der Waals surface area contributed by atoms with Crippen molar-refractivity contribution >= 4 is 65.6 Å². The molecule has 6 heteroatoms. The fourth-order valence-electron chi connectivity index (χ4n) is 8.57. The van der Waals surface area contributed by atoms with E-state index in [2.05, 4.69) is 130 Å². The van der Waals surface area contributed by atoms with Gasteiger partial charge < -0.3 is 13.6 Å². The number of hydrogen-bond donors (Lipinski definition) is 0. The molecule has 266 valence electrons. The van der Waals surface area contributed by atoms with Gasteiger partial charge >= 0.3 is 0 Å². The van der Waals surface area contributed by atoms with Crippen molar-refractivity contribution in [2.75, 3.05) is 0 Å². The van der Waals surface area contributed by atoms with Crippen molar-refractivity contribution in [1.82, 2.24) is 24.1 Å². The second-order valence-electron chi connectivity index (χ2n) is 14.4. The molecule has 8 aromatic carbocycles. The summed E-state index contributed by atoms with van der Waals surface area (Å²) >= 11 is 0. The van der Waals surface area contributed by atoms with Gasteiger partial charge in [0.15, 0.2) is 17.5 Å². The van der Waals surface area contributed by atoms with Crippen LogP contribution >= 0.6 is 0 Å². The van der Waals surface area contributed by atoms with Crippen LogP contribution < -0.4 is 0 Å². The standard InChI is InChI=1S/C51H31N5O/c1-4-14-32(15-5-1)49-52-50(33-16-6-2-7-17-33)54-51(53-49)34-24-26-36(27-25-34)56-43-29-28-39-38-21-11-13-23-46(38)57-48(39)47(43)41-31-44-40(30-45(41)56)37-20-10-12-22-42(37)55(44)35-18-8-3-9-19-35/h1-31H. The molecule has 0 aliphatic rings. The number of para-hydroxylation sites is 3. The Bertz CT molecular complexity index is 3430. The van der Waals surface area contributed by atoms with Crippen LogP contribution in [0.4, 0.5) is 0 Å². The van der Waals surface area contributed by atoms with Crippen LogP contribution in [0.2, 0.25) is 0 Å². The Hall–Kier alpha value is -7.83. The van der Waals surface area contributed by atoms with Crippen molar-refractivity contribution in [3.63, 3.8) is 0 Å². The Morgan fingerprint density at radius 3 is 1.53 bits per heavy atom. The molecule has 0 aliphatic carbocycles. The summed E-state index contributed by atoms with van der Waals surface area (Å²) in [7, 11) is 0. The van der Waals surface area contributed by atoms with E-state index in [0.29, 0.717) is 17.5 Å². The van der Waals surface area contributed by atoms with Gasteiger partial charge in [-0.1, -0.05) is 115 Å². The Kier molecular flexibility index (Phi) is 6.83. The van der Waals surface area contributed by atoms with Gasteiger partial charge in [0, 0.05) is 55.0 Å². The number of fused-ring (bicyclic) bond motifs is 10. The smallest absolute Gasteiger partial charge is 0.164 e. The number of rotatable bonds is 5. The van der Waals surface area contributed by atoms with Crippen LogP contribution in [-0.4, -0.2) is 24.1 Å². The van der Waals surface area contributed by atoms with Gasteiger partial charge in [0.05, 0.1) is 27.5 Å². The molecule has 0 bridgehead atoms. The Morgan fingerprint density at radius 1 is 0.333 bits per heavy atom. The fraction of sp³-hybridized carbons (Fsp3) is 0. The number of aromatic nitrogens is 5. The van der Waals surface area contributed by atoms with E-state index < -0.39 is 0 Å². The predicted octanol–water partition coefficient (Wildman–Crippen LogP) is 13.0. The first kappa shape index (κ1) is 31.5. The first-order valence-corrected chi connectivity index (χ1v) is 19.1. The molecule has 0 atom stereocenters. The van der Waals surface area contributed by atoms with Gasteiger partial charge in [0.2, 0.25) is 0 Å². The highest BCUT2D eigenvalue weighted by Crippen LogP contribution is 2.44. The van der Waals surface area contributed by atoms with Crippen molar-refractivity contribution in [2.24, 2.45) is 0 Å². The van der Waals surface area contributed by atoms with Gasteiger partial charge in [0.25, 0.3) is 0 Å². The molecule has 0 saturated heterocycles. The molecule has 0 aliphatic heterocycles. The first-order valence-electron chi connectivity index (χ1n) is 19.1. The van der Waals surface area contributed by atoms with E-state index in [9.17, 15) is 0 Å². The maximum Gasteiger partial charge on any atom is 0.164 e. The highest BCUT2D eigenvalue weighted by Gasteiger charge is 2.22. The largest absolute Gasteiger partial charge is 0.455 e. The monoisotopic (exact) mass is 729 g/mol. The summed E-state index contributed by atoms with van der Waals surface area (Å²) in [5, 5.41) is 6.83. The quantitative estimate of drug-likeness (QED) is 0.177. The molecule has 6 nitrogen and oxygen atoms in total. The van der Waals surface area contributed by atoms with Gasteiger partial charge in [0.1, 0.15) is 11.2 Å². The van der Waals surface area contributed by atoms with Gasteiger partial charge in [-0.3, -0.25) is 0 Å². The zero-order valence-electron chi connectivity index (χ0n) is 30.5. The third-order valence-corrected chi connectivity index (χ3v) is 11.2. The van der Waals surface area contributed by atoms with E-state index >= 15 is 0 Å². The molecular formula is C51H31N5O. The number of nitrogens with zero attached hydrogens (tertiary/aromatic N) is 5. The third kappa shape index (κ3) is 4.87. The minimum absolute atomic E-state index is 0.621. The highest BCUT2D eigenvalue weighted by molar-refractivity contribution is 6.26. The topological polar surface area (TPSA) is 61.7 Å². The molecule has 4 heterocycles. The normalized spacial score (nSPS) is 11.9. The van der Waals surface area contributed by atoms with E-state index in [1.54, 1.807) is 0 Å². The van der Waals surface area contributed by atoms with E-state index in [1.807, 2.05) is 66.7 Å². The van der Waals surface area contributed by atoms with Gasteiger partial charge in [-0.05, 0) is 72.8 Å². The Morgan fingerprint density at radius 2 is 0.842 bits per heavy atom. The van der Waals surface area contributed by atoms with E-state index in [4.69, 9.17) is 19.4 Å². The molecule has 4 aromatic heterocycles. The van der Waals surface area contributed by atoms with Crippen LogP contribution in [0.3, 0.4) is 0 Å². The molecule has 0 saturated carbocycles. The minimum atomic E-state index is 0.621. The van der Waals surface area contributed by atoms with E-state index in [-0.39, 0.29) is 0 Å². The molecule has 0 radical (unpaired) electrons. The fourth-order valence-corrected chi connectivity index (χ4v) is 8.57. The summed E-state index contributed by atoms with van der Waals surface area (Å²) in [6.45, 7) is 0. The molecule has 0 amide bonds. The zero-order chi connectivity index (χ0) is 37.5. The maximum absolute atomic E-state index is 6.74. The van der Waals surface area contributed by atoms with Crippen LogP contribution in [-0.2, 0) is 0 Å². The lowest BCUT2D eigenvalue weighted by molar-refractivity contribution is 0.673. The molecule has 0 N–H and O–H groups in total. The molecule has 0 spiro atoms. The lowest BCUT2D eigenvalue weighted by atomic mass is 10.1. The van der Waals surface area contributed by atoms with E-state index in [0.717, 1.165) is 77.3 Å². The Balaban J connectivity index is 1.11. The number of benzene rings is 8. The van der Waals surface area contributed by atoms with Gasteiger partial charge in [-0.2, -0.15) is 0 Å². The van der Waals surface area contributed by atoms with Crippen LogP contribution in [0.15, 0.2) is 192 Å². The summed E-state index contributed by atoms with van der Waals surface area (Å²) in [4.78, 5) is 14.9. The minimum Gasteiger partial charge on any atom is -0.455 e. The second kappa shape index (κ2) is 12.3. The predicted molar refractivity (Wildman–Crippen MR) is 232 cm³/mol. The highest BCUT2D eigenvalue weighted by atomic mass is 16.3. The second-order valence-corrected chi connectivity index (χ2v) is 14.4. The maximum atomic E-state index is 6.74. The van der Waals surface area contributed by atoms with Crippen LogP contribution in [0, 0.1) is 0 Å². The molecule has 12 aromatic rings. The van der Waals surface area contributed by atoms with Crippen LogP contribution in [0.1, 0.15) is 0 Å². The van der Waals surface area contributed by atoms with Crippen molar-refractivity contribution in [1.29, 1.82) is 0 Å². The van der Waals surface area contributed by atoms with Gasteiger partial charge in [-0.15, -0.1) is 0 Å². The molecule has 57 heavy (non-hydrogen) atoms. The van der Waals surface area contributed by atoms with Gasteiger partial charge in [-0.25, -0.2) is 15.0 Å². The number of furan rings is 1. The lowest BCUT2D eigenvalue weighted by Gasteiger charge is -2.11. The first-order chi connectivity index (χ1) is 28.3. The van der Waals surface area contributed by atoms with Crippen molar-refractivity contribution in [2.45, 2.75) is 0 Å². The lowest BCUT2D eigenvalue weighted by Crippen LogP contribution is -2.00. The summed E-state index contributed by atoms with van der Waals surface area (Å²) in [5.41, 5.74) is 11.2. The molecule has 0 fully saturated rings. The summed E-state index contributed by atoms with van der Waals surface area (Å²) in [5.74, 6) is 1.90. The summed E-state index contributed by atoms with van der Waals surface area (Å²) in [6.07, 6.45) is 0. The number of hydrogen-bond acceptors (Lipinski definition) is 4. The zero-order valence-corrected chi connectivity index (χ0v) is 30.5. The summed E-state index contributed by atoms with van der Waals surface area (Å²) < 4.78 is 11.5. The van der Waals surface area contributed by atoms with Crippen LogP contribution in [0.25, 0.3) is 111 Å². The third-order valence-electron chi connectivity index (χ3n) is 11.2. The van der Waals surface area contributed by atoms with Crippen LogP contribution in [0.5, 0.6) is 0 Å². The SMILES string of the molecule is c1ccc(-c2nc(-c3ccccc3)nc(-c3ccc(-n4c5cc6c7ccccc7n(-c7ccccc7)c6cc5c5c6oc7ccccc7c6ccc54)cc3)n2)cc1.